The number of ether oxygens (including phenoxy) is 1. The Morgan fingerprint density at radius 3 is 2.86 bits per heavy atom. The van der Waals surface area contributed by atoms with Gasteiger partial charge in [0.15, 0.2) is 11.6 Å². The minimum Gasteiger partial charge on any atom is -0.381 e. The minimum absolute atomic E-state index is 0.388. The van der Waals surface area contributed by atoms with Crippen molar-refractivity contribution in [3.63, 3.8) is 0 Å². The summed E-state index contributed by atoms with van der Waals surface area (Å²) >= 11 is 0. The molecule has 7 heteroatoms. The van der Waals surface area contributed by atoms with Gasteiger partial charge in [-0.3, -0.25) is 0 Å². The van der Waals surface area contributed by atoms with E-state index in [4.69, 9.17) is 4.74 Å². The van der Waals surface area contributed by atoms with E-state index < -0.39 is 29.2 Å². The summed E-state index contributed by atoms with van der Waals surface area (Å²) in [5.41, 5.74) is -0.522. The number of hydrogen-bond acceptors (Lipinski definition) is 2. The first kappa shape index (κ1) is 15.6. The molecule has 0 spiro atoms. The van der Waals surface area contributed by atoms with Gasteiger partial charge in [-0.15, -0.1) is 0 Å². The van der Waals surface area contributed by atoms with E-state index in [1.165, 1.54) is 0 Å². The summed E-state index contributed by atoms with van der Waals surface area (Å²) in [5, 5.41) is 4.62. The Kier molecular flexibility index (Phi) is 5.44. The van der Waals surface area contributed by atoms with E-state index in [1.807, 2.05) is 0 Å². The third-order valence-corrected chi connectivity index (χ3v) is 3.33. The zero-order valence-electron chi connectivity index (χ0n) is 11.4. The Hall–Kier alpha value is -1.76. The quantitative estimate of drug-likeness (QED) is 0.840. The van der Waals surface area contributed by atoms with Gasteiger partial charge in [-0.1, -0.05) is 0 Å². The molecule has 0 bridgehead atoms. The Morgan fingerprint density at radius 1 is 1.33 bits per heavy atom. The predicted octanol–water partition coefficient (Wildman–Crippen LogP) is 3.04. The van der Waals surface area contributed by atoms with Crippen LogP contribution in [0.1, 0.15) is 19.3 Å². The van der Waals surface area contributed by atoms with Gasteiger partial charge in [0, 0.05) is 31.9 Å². The van der Waals surface area contributed by atoms with Crippen molar-refractivity contribution in [1.82, 2.24) is 5.32 Å². The van der Waals surface area contributed by atoms with Gasteiger partial charge < -0.3 is 15.4 Å². The van der Waals surface area contributed by atoms with Gasteiger partial charge >= 0.3 is 6.03 Å². The average molecular weight is 302 g/mol. The molecule has 0 saturated carbocycles. The summed E-state index contributed by atoms with van der Waals surface area (Å²) in [6, 6.07) is 0.449. The minimum atomic E-state index is -1.34. The fraction of sp³-hybridized carbons (Fsp3) is 0.500. The van der Waals surface area contributed by atoms with Crippen LogP contribution in [0, 0.1) is 23.4 Å². The number of anilines is 1. The van der Waals surface area contributed by atoms with Crippen LogP contribution in [0.15, 0.2) is 12.1 Å². The van der Waals surface area contributed by atoms with E-state index in [2.05, 4.69) is 10.6 Å². The third kappa shape index (κ3) is 4.63. The lowest BCUT2D eigenvalue weighted by Gasteiger charge is -2.21. The van der Waals surface area contributed by atoms with E-state index in [9.17, 15) is 18.0 Å². The molecular formula is C14H17F3N2O2. The maximum Gasteiger partial charge on any atom is 0.319 e. The second kappa shape index (κ2) is 7.31. The van der Waals surface area contributed by atoms with Crippen molar-refractivity contribution >= 4 is 11.7 Å². The predicted molar refractivity (Wildman–Crippen MR) is 71.5 cm³/mol. The maximum absolute atomic E-state index is 13.4. The van der Waals surface area contributed by atoms with Crippen LogP contribution < -0.4 is 10.6 Å². The van der Waals surface area contributed by atoms with Crippen LogP contribution >= 0.6 is 0 Å². The number of hydrogen-bond donors (Lipinski definition) is 2. The molecule has 1 saturated heterocycles. The fourth-order valence-corrected chi connectivity index (χ4v) is 2.24. The maximum atomic E-state index is 13.4. The van der Waals surface area contributed by atoms with Gasteiger partial charge in [0.05, 0.1) is 5.69 Å². The highest BCUT2D eigenvalue weighted by Gasteiger charge is 2.15. The summed E-state index contributed by atoms with van der Waals surface area (Å²) < 4.78 is 44.6. The highest BCUT2D eigenvalue weighted by Crippen LogP contribution is 2.19. The van der Waals surface area contributed by atoms with Crippen LogP contribution in [0.3, 0.4) is 0 Å². The molecule has 116 valence electrons. The molecule has 1 atom stereocenters. The van der Waals surface area contributed by atoms with E-state index in [-0.39, 0.29) is 0 Å². The molecule has 1 aliphatic heterocycles. The van der Waals surface area contributed by atoms with Crippen molar-refractivity contribution < 1.29 is 22.7 Å². The molecule has 2 N–H and O–H groups in total. The number of halogens is 3. The van der Waals surface area contributed by atoms with Crippen molar-refractivity contribution in [1.29, 1.82) is 0 Å². The first-order valence-corrected chi connectivity index (χ1v) is 6.83. The van der Waals surface area contributed by atoms with Crippen LogP contribution in [0.25, 0.3) is 0 Å². The lowest BCUT2D eigenvalue weighted by Crippen LogP contribution is -2.32. The Morgan fingerprint density at radius 2 is 2.14 bits per heavy atom. The molecule has 1 fully saturated rings. The zero-order chi connectivity index (χ0) is 15.2. The molecule has 2 rings (SSSR count). The number of nitrogens with one attached hydrogen (secondary N) is 2. The van der Waals surface area contributed by atoms with Crippen LogP contribution in [0.5, 0.6) is 0 Å². The molecule has 1 aromatic carbocycles. The first-order valence-electron chi connectivity index (χ1n) is 6.83. The van der Waals surface area contributed by atoms with Crippen LogP contribution in [0.2, 0.25) is 0 Å². The molecule has 1 heterocycles. The van der Waals surface area contributed by atoms with Gasteiger partial charge in [0.25, 0.3) is 0 Å². The van der Waals surface area contributed by atoms with Crippen LogP contribution in [-0.4, -0.2) is 25.8 Å². The van der Waals surface area contributed by atoms with Crippen molar-refractivity contribution in [2.45, 2.75) is 19.3 Å². The molecular weight excluding hydrogens is 285 g/mol. The Balaban J connectivity index is 1.79. The molecule has 1 aromatic rings. The SMILES string of the molecule is O=C(NCCC1CCCOC1)Nc1cc(F)cc(F)c1F. The number of urea groups is 1. The molecule has 21 heavy (non-hydrogen) atoms. The fourth-order valence-electron chi connectivity index (χ4n) is 2.24. The molecule has 0 radical (unpaired) electrons. The van der Waals surface area contributed by atoms with Crippen molar-refractivity contribution in [2.24, 2.45) is 5.92 Å². The summed E-state index contributed by atoms with van der Waals surface area (Å²) in [6.07, 6.45) is 2.80. The summed E-state index contributed by atoms with van der Waals surface area (Å²) in [6.45, 7) is 1.83. The van der Waals surface area contributed by atoms with Gasteiger partial charge in [-0.2, -0.15) is 0 Å². The van der Waals surface area contributed by atoms with Crippen LogP contribution in [-0.2, 0) is 4.74 Å². The van der Waals surface area contributed by atoms with Gasteiger partial charge in [0.2, 0.25) is 0 Å². The molecule has 1 aliphatic rings. The standard InChI is InChI=1S/C14H17F3N2O2/c15-10-6-11(16)13(17)12(7-10)19-14(20)18-4-3-9-2-1-5-21-8-9/h6-7,9H,1-5,8H2,(H2,18,19,20). The number of carbonyl (C=O) groups is 1. The lowest BCUT2D eigenvalue weighted by molar-refractivity contribution is 0.0520. The molecule has 2 amide bonds. The summed E-state index contributed by atoms with van der Waals surface area (Å²) in [5.74, 6) is -3.19. The van der Waals surface area contributed by atoms with E-state index >= 15 is 0 Å². The topological polar surface area (TPSA) is 50.4 Å². The van der Waals surface area contributed by atoms with E-state index in [1.54, 1.807) is 0 Å². The third-order valence-electron chi connectivity index (χ3n) is 3.33. The van der Waals surface area contributed by atoms with E-state index in [0.717, 1.165) is 31.9 Å². The second-order valence-electron chi connectivity index (χ2n) is 5.00. The van der Waals surface area contributed by atoms with Crippen molar-refractivity contribution in [3.8, 4) is 0 Å². The van der Waals surface area contributed by atoms with Gasteiger partial charge in [-0.05, 0) is 25.2 Å². The van der Waals surface area contributed by atoms with Crippen molar-refractivity contribution in [2.75, 3.05) is 25.1 Å². The smallest absolute Gasteiger partial charge is 0.319 e. The number of carbonyl (C=O) groups excluding carboxylic acids is 1. The highest BCUT2D eigenvalue weighted by molar-refractivity contribution is 5.89. The number of benzene rings is 1. The number of rotatable bonds is 4. The first-order chi connectivity index (χ1) is 10.1. The Labute approximate surface area is 120 Å². The zero-order valence-corrected chi connectivity index (χ0v) is 11.4. The highest BCUT2D eigenvalue weighted by atomic mass is 19.2. The Bertz CT molecular complexity index is 505. The summed E-state index contributed by atoms with van der Waals surface area (Å²) in [4.78, 5) is 11.6. The molecule has 4 nitrogen and oxygen atoms in total. The molecule has 0 aliphatic carbocycles. The molecule has 1 unspecified atom stereocenters. The normalized spacial score (nSPS) is 18.3. The van der Waals surface area contributed by atoms with Gasteiger partial charge in [0.1, 0.15) is 5.82 Å². The summed E-state index contributed by atoms with van der Waals surface area (Å²) in [7, 11) is 0. The average Bonchev–Trinajstić information content (AvgIpc) is 2.45. The van der Waals surface area contributed by atoms with Crippen molar-refractivity contribution in [3.05, 3.63) is 29.6 Å². The van der Waals surface area contributed by atoms with Gasteiger partial charge in [-0.25, -0.2) is 18.0 Å². The number of amides is 2. The monoisotopic (exact) mass is 302 g/mol. The van der Waals surface area contributed by atoms with E-state index in [0.29, 0.717) is 25.1 Å². The lowest BCUT2D eigenvalue weighted by atomic mass is 9.99. The largest absolute Gasteiger partial charge is 0.381 e. The van der Waals surface area contributed by atoms with Crippen LogP contribution in [0.4, 0.5) is 23.7 Å². The second-order valence-corrected chi connectivity index (χ2v) is 5.00. The molecule has 0 aromatic heterocycles.